The molecule has 0 atom stereocenters. The zero-order chi connectivity index (χ0) is 13.9. The van der Waals surface area contributed by atoms with Crippen molar-refractivity contribution in [2.75, 3.05) is 23.3 Å². The number of nitrogens with zero attached hydrogens (tertiary/aromatic N) is 4. The Morgan fingerprint density at radius 3 is 2.40 bits per heavy atom. The smallest absolute Gasteiger partial charge is 0.152 e. The number of rotatable bonds is 4. The molecule has 0 aliphatic carbocycles. The highest BCUT2D eigenvalue weighted by atomic mass is 15.3. The highest BCUT2D eigenvalue weighted by Gasteiger charge is 2.11. The number of hydrogen-bond acceptors (Lipinski definition) is 4. The highest BCUT2D eigenvalue weighted by Crippen LogP contribution is 2.22. The maximum atomic E-state index is 4.15. The van der Waals surface area contributed by atoms with Gasteiger partial charge in [-0.2, -0.15) is 0 Å². The van der Waals surface area contributed by atoms with Gasteiger partial charge in [0.2, 0.25) is 0 Å². The molecular formula is C15H21N5. The van der Waals surface area contributed by atoms with Gasteiger partial charge < -0.3 is 14.8 Å². The summed E-state index contributed by atoms with van der Waals surface area (Å²) in [5.74, 6) is 1.89. The summed E-state index contributed by atoms with van der Waals surface area (Å²) in [4.78, 5) is 2.44. The number of aryl methyl sites for hydroxylation is 1. The van der Waals surface area contributed by atoms with Crippen LogP contribution in [0.5, 0.6) is 0 Å². The predicted molar refractivity (Wildman–Crippen MR) is 81.0 cm³/mol. The van der Waals surface area contributed by atoms with Crippen LogP contribution in [0.2, 0.25) is 0 Å². The van der Waals surface area contributed by atoms with Gasteiger partial charge >= 0.3 is 0 Å². The van der Waals surface area contributed by atoms with Crippen molar-refractivity contribution >= 4 is 11.4 Å². The molecule has 2 heterocycles. The third-order valence-electron chi connectivity index (χ3n) is 3.97. The van der Waals surface area contributed by atoms with Crippen LogP contribution in [0.1, 0.15) is 24.5 Å². The molecule has 1 aliphatic heterocycles. The highest BCUT2D eigenvalue weighted by molar-refractivity contribution is 5.55. The van der Waals surface area contributed by atoms with Crippen LogP contribution in [0.4, 0.5) is 11.4 Å². The molecule has 0 unspecified atom stereocenters. The Morgan fingerprint density at radius 2 is 1.80 bits per heavy atom. The topological polar surface area (TPSA) is 46.0 Å². The Hall–Kier alpha value is -2.04. The second-order valence-electron chi connectivity index (χ2n) is 5.32. The van der Waals surface area contributed by atoms with Crippen LogP contribution in [0.15, 0.2) is 24.3 Å². The number of nitrogens with one attached hydrogen (secondary N) is 1. The molecule has 1 saturated heterocycles. The van der Waals surface area contributed by atoms with Crippen molar-refractivity contribution in [3.05, 3.63) is 35.9 Å². The van der Waals surface area contributed by atoms with E-state index in [1.807, 2.05) is 18.5 Å². The molecule has 0 radical (unpaired) electrons. The van der Waals surface area contributed by atoms with Crippen LogP contribution in [-0.4, -0.2) is 27.9 Å². The van der Waals surface area contributed by atoms with Crippen LogP contribution in [0, 0.1) is 6.92 Å². The largest absolute Gasteiger partial charge is 0.378 e. The molecule has 1 aromatic heterocycles. The Bertz CT molecular complexity index is 566. The van der Waals surface area contributed by atoms with Crippen molar-refractivity contribution in [2.24, 2.45) is 7.05 Å². The summed E-state index contributed by atoms with van der Waals surface area (Å²) in [5, 5.41) is 11.6. The fourth-order valence-corrected chi connectivity index (χ4v) is 2.55. The van der Waals surface area contributed by atoms with Gasteiger partial charge in [0.05, 0.1) is 6.54 Å². The summed E-state index contributed by atoms with van der Waals surface area (Å²) in [7, 11) is 1.99. The van der Waals surface area contributed by atoms with E-state index >= 15 is 0 Å². The predicted octanol–water partition coefficient (Wildman–Crippen LogP) is 2.34. The van der Waals surface area contributed by atoms with Gasteiger partial charge in [0.15, 0.2) is 5.82 Å². The first-order chi connectivity index (χ1) is 9.74. The normalized spacial score (nSPS) is 14.8. The molecule has 2 aromatic rings. The van der Waals surface area contributed by atoms with Crippen molar-refractivity contribution in [3.8, 4) is 0 Å². The summed E-state index contributed by atoms with van der Waals surface area (Å²) < 4.78 is 2.01. The van der Waals surface area contributed by atoms with Gasteiger partial charge in [-0.3, -0.25) is 0 Å². The van der Waals surface area contributed by atoms with Crippen molar-refractivity contribution in [3.63, 3.8) is 0 Å². The Kier molecular flexibility index (Phi) is 3.58. The van der Waals surface area contributed by atoms with Gasteiger partial charge in [-0.25, -0.2) is 0 Å². The van der Waals surface area contributed by atoms with E-state index in [0.717, 1.165) is 17.3 Å². The number of aromatic nitrogens is 3. The summed E-state index contributed by atoms with van der Waals surface area (Å²) >= 11 is 0. The van der Waals surface area contributed by atoms with Crippen molar-refractivity contribution < 1.29 is 0 Å². The minimum absolute atomic E-state index is 0.695. The lowest BCUT2D eigenvalue weighted by Gasteiger charge is -2.17. The molecule has 106 valence electrons. The average molecular weight is 271 g/mol. The van der Waals surface area contributed by atoms with Crippen molar-refractivity contribution in [1.29, 1.82) is 0 Å². The van der Waals surface area contributed by atoms with E-state index in [9.17, 15) is 0 Å². The minimum Gasteiger partial charge on any atom is -0.378 e. The third-order valence-corrected chi connectivity index (χ3v) is 3.97. The number of hydrogen-bond donors (Lipinski definition) is 1. The zero-order valence-corrected chi connectivity index (χ0v) is 12.1. The molecule has 1 fully saturated rings. The minimum atomic E-state index is 0.695. The van der Waals surface area contributed by atoms with E-state index in [0.29, 0.717) is 6.54 Å². The summed E-state index contributed by atoms with van der Waals surface area (Å²) in [6.45, 7) is 5.03. The summed E-state index contributed by atoms with van der Waals surface area (Å²) in [5.41, 5.74) is 2.44. The van der Waals surface area contributed by atoms with Crippen molar-refractivity contribution in [2.45, 2.75) is 26.3 Å². The van der Waals surface area contributed by atoms with E-state index in [4.69, 9.17) is 0 Å². The first kappa shape index (κ1) is 13.0. The van der Waals surface area contributed by atoms with E-state index < -0.39 is 0 Å². The molecule has 0 amide bonds. The lowest BCUT2D eigenvalue weighted by Crippen LogP contribution is -2.17. The molecule has 0 spiro atoms. The maximum absolute atomic E-state index is 4.15. The SMILES string of the molecule is Cc1nnc(CNc2ccc(N3CCCC3)cc2)n1C. The average Bonchev–Trinajstić information content (AvgIpc) is 3.10. The van der Waals surface area contributed by atoms with Gasteiger partial charge in [0, 0.05) is 31.5 Å². The summed E-state index contributed by atoms with van der Waals surface area (Å²) in [6, 6.07) is 8.65. The molecule has 5 heteroatoms. The standard InChI is InChI=1S/C15H21N5/c1-12-17-18-15(19(12)2)11-16-13-5-7-14(8-6-13)20-9-3-4-10-20/h5-8,16H,3-4,9-11H2,1-2H3. The fourth-order valence-electron chi connectivity index (χ4n) is 2.55. The molecule has 0 bridgehead atoms. The van der Waals surface area contributed by atoms with Gasteiger partial charge in [-0.15, -0.1) is 10.2 Å². The molecule has 3 rings (SSSR count). The van der Waals surface area contributed by atoms with Crippen LogP contribution in [0.3, 0.4) is 0 Å². The Morgan fingerprint density at radius 1 is 1.10 bits per heavy atom. The molecular weight excluding hydrogens is 250 g/mol. The van der Waals surface area contributed by atoms with E-state index in [1.165, 1.54) is 31.6 Å². The van der Waals surface area contributed by atoms with E-state index in [2.05, 4.69) is 44.7 Å². The maximum Gasteiger partial charge on any atom is 0.152 e. The number of anilines is 2. The fraction of sp³-hybridized carbons (Fsp3) is 0.467. The molecule has 0 saturated carbocycles. The van der Waals surface area contributed by atoms with Gasteiger partial charge in [0.25, 0.3) is 0 Å². The summed E-state index contributed by atoms with van der Waals surface area (Å²) in [6.07, 6.45) is 2.62. The first-order valence-corrected chi connectivity index (χ1v) is 7.18. The van der Waals surface area contributed by atoms with Crippen LogP contribution in [-0.2, 0) is 13.6 Å². The zero-order valence-electron chi connectivity index (χ0n) is 12.1. The molecule has 20 heavy (non-hydrogen) atoms. The molecule has 1 aromatic carbocycles. The monoisotopic (exact) mass is 271 g/mol. The van der Waals surface area contributed by atoms with Crippen LogP contribution >= 0.6 is 0 Å². The lowest BCUT2D eigenvalue weighted by molar-refractivity contribution is 0.789. The van der Waals surface area contributed by atoms with Crippen LogP contribution in [0.25, 0.3) is 0 Å². The Labute approximate surface area is 119 Å². The molecule has 1 aliphatic rings. The lowest BCUT2D eigenvalue weighted by atomic mass is 10.2. The molecule has 1 N–H and O–H groups in total. The number of benzene rings is 1. The first-order valence-electron chi connectivity index (χ1n) is 7.18. The quantitative estimate of drug-likeness (QED) is 0.927. The van der Waals surface area contributed by atoms with E-state index in [1.54, 1.807) is 0 Å². The second kappa shape index (κ2) is 5.53. The second-order valence-corrected chi connectivity index (χ2v) is 5.32. The third kappa shape index (κ3) is 2.61. The van der Waals surface area contributed by atoms with Crippen molar-refractivity contribution in [1.82, 2.24) is 14.8 Å². The Balaban J connectivity index is 1.62. The molecule has 5 nitrogen and oxygen atoms in total. The van der Waals surface area contributed by atoms with E-state index in [-0.39, 0.29) is 0 Å². The van der Waals surface area contributed by atoms with Gasteiger partial charge in [-0.1, -0.05) is 0 Å². The van der Waals surface area contributed by atoms with Crippen LogP contribution < -0.4 is 10.2 Å². The van der Waals surface area contributed by atoms with Gasteiger partial charge in [-0.05, 0) is 44.0 Å². The van der Waals surface area contributed by atoms with Gasteiger partial charge in [0.1, 0.15) is 5.82 Å².